The maximum atomic E-state index is 9.12. The Hall–Kier alpha value is -0.900. The first-order chi connectivity index (χ1) is 9.79. The van der Waals surface area contributed by atoms with Crippen molar-refractivity contribution in [2.75, 3.05) is 39.5 Å². The van der Waals surface area contributed by atoms with Crippen molar-refractivity contribution >= 4 is 0 Å². The van der Waals surface area contributed by atoms with Gasteiger partial charge in [-0.2, -0.15) is 0 Å². The van der Waals surface area contributed by atoms with Crippen molar-refractivity contribution in [2.24, 2.45) is 5.92 Å². The monoisotopic (exact) mass is 277 g/mol. The van der Waals surface area contributed by atoms with E-state index in [9.17, 15) is 0 Å². The summed E-state index contributed by atoms with van der Waals surface area (Å²) < 4.78 is 5.81. The highest BCUT2D eigenvalue weighted by molar-refractivity contribution is 5.18. The zero-order valence-electron chi connectivity index (χ0n) is 12.5. The van der Waals surface area contributed by atoms with E-state index in [-0.39, 0.29) is 0 Å². The van der Waals surface area contributed by atoms with E-state index >= 15 is 0 Å². The van der Waals surface area contributed by atoms with Gasteiger partial charge < -0.3 is 14.7 Å². The molecule has 1 aliphatic rings. The average Bonchev–Trinajstić information content (AvgIpc) is 2.53. The summed E-state index contributed by atoms with van der Waals surface area (Å²) in [6.07, 6.45) is 2.24. The zero-order valence-corrected chi connectivity index (χ0v) is 12.5. The second-order valence-corrected chi connectivity index (χ2v) is 5.85. The Morgan fingerprint density at radius 1 is 1.25 bits per heavy atom. The van der Waals surface area contributed by atoms with E-state index in [1.807, 2.05) is 6.07 Å². The Morgan fingerprint density at radius 3 is 2.60 bits per heavy atom. The van der Waals surface area contributed by atoms with E-state index in [0.717, 1.165) is 45.7 Å². The Bertz CT molecular complexity index is 361. The molecule has 0 bridgehead atoms. The molecular formula is C17H27NO2. The molecule has 20 heavy (non-hydrogen) atoms. The van der Waals surface area contributed by atoms with Crippen LogP contribution in [0, 0.1) is 5.92 Å². The molecule has 0 spiro atoms. The first-order valence-electron chi connectivity index (χ1n) is 7.75. The highest BCUT2D eigenvalue weighted by Crippen LogP contribution is 2.17. The standard InChI is InChI=1S/C17H27NO2/c1-15(17-5-3-2-4-6-17)14-20-12-11-18-9-7-16(13-19)8-10-18/h2-6,15-16,19H,7-14H2,1H3. The minimum absolute atomic E-state index is 0.346. The molecule has 0 radical (unpaired) electrons. The van der Waals surface area contributed by atoms with Crippen LogP contribution in [0.3, 0.4) is 0 Å². The van der Waals surface area contributed by atoms with Crippen molar-refractivity contribution in [3.8, 4) is 0 Å². The summed E-state index contributed by atoms with van der Waals surface area (Å²) in [6, 6.07) is 10.5. The molecule has 1 heterocycles. The molecule has 0 aliphatic carbocycles. The van der Waals surface area contributed by atoms with Crippen molar-refractivity contribution in [3.05, 3.63) is 35.9 Å². The summed E-state index contributed by atoms with van der Waals surface area (Å²) in [5.74, 6) is 0.974. The lowest BCUT2D eigenvalue weighted by Gasteiger charge is -2.30. The third kappa shape index (κ3) is 4.89. The summed E-state index contributed by atoms with van der Waals surface area (Å²) in [6.45, 7) is 7.37. The van der Waals surface area contributed by atoms with Gasteiger partial charge in [0, 0.05) is 19.1 Å². The molecule has 1 atom stereocenters. The Balaban J connectivity index is 1.58. The van der Waals surface area contributed by atoms with Crippen molar-refractivity contribution < 1.29 is 9.84 Å². The molecule has 1 fully saturated rings. The number of benzene rings is 1. The van der Waals surface area contributed by atoms with E-state index in [2.05, 4.69) is 36.1 Å². The maximum absolute atomic E-state index is 9.12. The van der Waals surface area contributed by atoms with Gasteiger partial charge in [-0.1, -0.05) is 37.3 Å². The molecule has 2 rings (SSSR count). The van der Waals surface area contributed by atoms with E-state index in [4.69, 9.17) is 9.84 Å². The van der Waals surface area contributed by atoms with Gasteiger partial charge in [0.25, 0.3) is 0 Å². The second kappa shape index (κ2) is 8.40. The minimum Gasteiger partial charge on any atom is -0.396 e. The molecule has 0 aromatic heterocycles. The lowest BCUT2D eigenvalue weighted by Crippen LogP contribution is -2.37. The zero-order chi connectivity index (χ0) is 14.2. The predicted octanol–water partition coefficient (Wildman–Crippen LogP) is 2.51. The van der Waals surface area contributed by atoms with Gasteiger partial charge in [0.15, 0.2) is 0 Å². The molecule has 1 saturated heterocycles. The fourth-order valence-corrected chi connectivity index (χ4v) is 2.72. The number of ether oxygens (including phenoxy) is 1. The van der Waals surface area contributed by atoms with Crippen LogP contribution in [0.15, 0.2) is 30.3 Å². The number of rotatable bonds is 7. The molecule has 1 unspecified atom stereocenters. The number of aliphatic hydroxyl groups is 1. The topological polar surface area (TPSA) is 32.7 Å². The van der Waals surface area contributed by atoms with Crippen LogP contribution in [-0.2, 0) is 4.74 Å². The molecule has 1 aliphatic heterocycles. The average molecular weight is 277 g/mol. The summed E-state index contributed by atoms with van der Waals surface area (Å²) >= 11 is 0. The molecule has 3 nitrogen and oxygen atoms in total. The summed E-state index contributed by atoms with van der Waals surface area (Å²) in [5.41, 5.74) is 1.34. The molecule has 0 amide bonds. The quantitative estimate of drug-likeness (QED) is 0.777. The van der Waals surface area contributed by atoms with Gasteiger partial charge >= 0.3 is 0 Å². The predicted molar refractivity (Wildman–Crippen MR) is 81.9 cm³/mol. The molecular weight excluding hydrogens is 250 g/mol. The van der Waals surface area contributed by atoms with Crippen LogP contribution in [0.25, 0.3) is 0 Å². The van der Waals surface area contributed by atoms with Crippen molar-refractivity contribution in [1.82, 2.24) is 4.90 Å². The minimum atomic E-state index is 0.346. The van der Waals surface area contributed by atoms with Crippen LogP contribution in [0.4, 0.5) is 0 Å². The van der Waals surface area contributed by atoms with Crippen LogP contribution < -0.4 is 0 Å². The lowest BCUT2D eigenvalue weighted by atomic mass is 9.98. The van der Waals surface area contributed by atoms with Gasteiger partial charge in [0.05, 0.1) is 13.2 Å². The van der Waals surface area contributed by atoms with Gasteiger partial charge in [0.1, 0.15) is 0 Å². The van der Waals surface area contributed by atoms with Gasteiger partial charge in [0.2, 0.25) is 0 Å². The highest BCUT2D eigenvalue weighted by Gasteiger charge is 2.17. The largest absolute Gasteiger partial charge is 0.396 e. The Kier molecular flexibility index (Phi) is 6.51. The summed E-state index contributed by atoms with van der Waals surface area (Å²) in [5, 5.41) is 9.12. The summed E-state index contributed by atoms with van der Waals surface area (Å²) in [4.78, 5) is 2.44. The van der Waals surface area contributed by atoms with Crippen LogP contribution in [0.1, 0.15) is 31.2 Å². The highest BCUT2D eigenvalue weighted by atomic mass is 16.5. The van der Waals surface area contributed by atoms with E-state index in [0.29, 0.717) is 18.4 Å². The molecule has 1 aromatic carbocycles. The molecule has 3 heteroatoms. The molecule has 1 N–H and O–H groups in total. The van der Waals surface area contributed by atoms with Crippen molar-refractivity contribution in [3.63, 3.8) is 0 Å². The van der Waals surface area contributed by atoms with Gasteiger partial charge in [-0.15, -0.1) is 0 Å². The first-order valence-corrected chi connectivity index (χ1v) is 7.75. The second-order valence-electron chi connectivity index (χ2n) is 5.85. The van der Waals surface area contributed by atoms with Gasteiger partial charge in [-0.05, 0) is 37.4 Å². The number of piperidine rings is 1. The maximum Gasteiger partial charge on any atom is 0.0593 e. The number of aliphatic hydroxyl groups excluding tert-OH is 1. The number of nitrogens with zero attached hydrogens (tertiary/aromatic N) is 1. The smallest absolute Gasteiger partial charge is 0.0593 e. The van der Waals surface area contributed by atoms with Gasteiger partial charge in [-0.3, -0.25) is 0 Å². The third-order valence-electron chi connectivity index (χ3n) is 4.25. The van der Waals surface area contributed by atoms with Crippen LogP contribution in [-0.4, -0.2) is 49.5 Å². The molecule has 0 saturated carbocycles. The number of hydrogen-bond donors (Lipinski definition) is 1. The molecule has 1 aromatic rings. The fourth-order valence-electron chi connectivity index (χ4n) is 2.72. The number of hydrogen-bond acceptors (Lipinski definition) is 3. The fraction of sp³-hybridized carbons (Fsp3) is 0.647. The Labute approximate surface area is 122 Å². The van der Waals surface area contributed by atoms with Crippen molar-refractivity contribution in [2.45, 2.75) is 25.7 Å². The van der Waals surface area contributed by atoms with E-state index in [1.54, 1.807) is 0 Å². The normalized spacial score (nSPS) is 19.1. The SMILES string of the molecule is CC(COCCN1CCC(CO)CC1)c1ccccc1. The third-order valence-corrected chi connectivity index (χ3v) is 4.25. The number of likely N-dealkylation sites (tertiary alicyclic amines) is 1. The van der Waals surface area contributed by atoms with Gasteiger partial charge in [-0.25, -0.2) is 0 Å². The van der Waals surface area contributed by atoms with Crippen LogP contribution in [0.2, 0.25) is 0 Å². The van der Waals surface area contributed by atoms with E-state index in [1.165, 1.54) is 5.56 Å². The summed E-state index contributed by atoms with van der Waals surface area (Å²) in [7, 11) is 0. The molecule has 112 valence electrons. The first kappa shape index (κ1) is 15.5. The Morgan fingerprint density at radius 2 is 1.95 bits per heavy atom. The van der Waals surface area contributed by atoms with E-state index < -0.39 is 0 Å². The van der Waals surface area contributed by atoms with Crippen molar-refractivity contribution in [1.29, 1.82) is 0 Å². The lowest BCUT2D eigenvalue weighted by molar-refractivity contribution is 0.0737. The van der Waals surface area contributed by atoms with Crippen LogP contribution in [0.5, 0.6) is 0 Å². The van der Waals surface area contributed by atoms with Crippen LogP contribution >= 0.6 is 0 Å².